The Balaban J connectivity index is 2.08. The number of amidine groups is 1. The molecule has 0 saturated carbocycles. The van der Waals surface area contributed by atoms with Gasteiger partial charge in [0.2, 0.25) is 0 Å². The monoisotopic (exact) mass is 403 g/mol. The Labute approximate surface area is 139 Å². The van der Waals surface area contributed by atoms with Crippen molar-refractivity contribution in [1.82, 2.24) is 0 Å². The average Bonchev–Trinajstić information content (AvgIpc) is 2.80. The zero-order chi connectivity index (χ0) is 15.4. The molecule has 4 nitrogen and oxygen atoms in total. The molecule has 1 heterocycles. The molecule has 0 fully saturated rings. The number of hydrogen-bond acceptors (Lipinski definition) is 4. The molecule has 0 aromatic heterocycles. The zero-order valence-electron chi connectivity index (χ0n) is 11.6. The molecule has 0 radical (unpaired) electrons. The summed E-state index contributed by atoms with van der Waals surface area (Å²) >= 11 is -0.731. The summed E-state index contributed by atoms with van der Waals surface area (Å²) in [4.78, 5) is 9.03. The van der Waals surface area contributed by atoms with Gasteiger partial charge in [-0.15, -0.1) is 0 Å². The molecule has 1 aliphatic rings. The minimum absolute atomic E-state index is 0.396. The minimum atomic E-state index is -1.53. The molecule has 1 aliphatic heterocycles. The van der Waals surface area contributed by atoms with E-state index in [1.165, 1.54) is 0 Å². The number of hydrogen-bond donors (Lipinski definition) is 2. The SMILES string of the molecule is OB(O)C1=NC(c2ccccc2)=NC(c2ccccc2)=C[I-]1. The quantitative estimate of drug-likeness (QED) is 0.508. The summed E-state index contributed by atoms with van der Waals surface area (Å²) in [6.45, 7) is 0. The van der Waals surface area contributed by atoms with E-state index < -0.39 is 28.3 Å². The summed E-state index contributed by atoms with van der Waals surface area (Å²) in [5.41, 5.74) is 2.68. The van der Waals surface area contributed by atoms with Crippen LogP contribution in [-0.4, -0.2) is 26.6 Å². The Kier molecular flexibility index (Phi) is 4.82. The fourth-order valence-corrected chi connectivity index (χ4v) is 3.77. The molecule has 22 heavy (non-hydrogen) atoms. The van der Waals surface area contributed by atoms with Crippen LogP contribution in [0.5, 0.6) is 0 Å². The molecule has 2 aromatic carbocycles. The van der Waals surface area contributed by atoms with Crippen LogP contribution in [0, 0.1) is 0 Å². The van der Waals surface area contributed by atoms with Crippen LogP contribution in [0.3, 0.4) is 0 Å². The molecular weight excluding hydrogens is 390 g/mol. The van der Waals surface area contributed by atoms with Crippen LogP contribution in [0.4, 0.5) is 0 Å². The van der Waals surface area contributed by atoms with Gasteiger partial charge in [0.15, 0.2) is 0 Å². The van der Waals surface area contributed by atoms with Gasteiger partial charge in [-0.2, -0.15) is 0 Å². The van der Waals surface area contributed by atoms with Gasteiger partial charge in [-0.05, 0) is 0 Å². The standard InChI is InChI=1S/C16H13BIN2O2/c21-17(22)16-18-11-14(12-7-3-1-4-8-12)19-15(20-16)13-9-5-2-6-10-13/h1-11,21-22H/q-1. The second-order valence-corrected chi connectivity index (χ2v) is 6.93. The number of nitrogens with zero attached hydrogens (tertiary/aromatic N) is 2. The van der Waals surface area contributed by atoms with Gasteiger partial charge in [0.1, 0.15) is 0 Å². The summed E-state index contributed by atoms with van der Waals surface area (Å²) in [6, 6.07) is 19.4. The topological polar surface area (TPSA) is 65.2 Å². The maximum absolute atomic E-state index is 9.49. The first-order valence-corrected chi connectivity index (χ1v) is 9.04. The van der Waals surface area contributed by atoms with Crippen LogP contribution in [0.1, 0.15) is 11.1 Å². The van der Waals surface area contributed by atoms with Crippen LogP contribution in [0.2, 0.25) is 0 Å². The van der Waals surface area contributed by atoms with Crippen LogP contribution in [0.15, 0.2) is 74.7 Å². The van der Waals surface area contributed by atoms with Crippen molar-refractivity contribution in [3.63, 3.8) is 0 Å². The van der Waals surface area contributed by atoms with E-state index in [2.05, 4.69) is 9.98 Å². The zero-order valence-corrected chi connectivity index (χ0v) is 13.8. The summed E-state index contributed by atoms with van der Waals surface area (Å²) in [5.74, 6) is 0.510. The van der Waals surface area contributed by atoms with E-state index >= 15 is 0 Å². The molecule has 2 aromatic rings. The van der Waals surface area contributed by atoms with Crippen molar-refractivity contribution in [1.29, 1.82) is 0 Å². The molecule has 110 valence electrons. The third kappa shape index (κ3) is 3.52. The van der Waals surface area contributed by atoms with Crippen LogP contribution >= 0.6 is 0 Å². The molecule has 0 saturated heterocycles. The predicted octanol–water partition coefficient (Wildman–Crippen LogP) is -1.06. The van der Waals surface area contributed by atoms with E-state index in [9.17, 15) is 10.0 Å². The molecule has 0 aliphatic carbocycles. The van der Waals surface area contributed by atoms with Gasteiger partial charge in [0, 0.05) is 0 Å². The molecule has 0 spiro atoms. The van der Waals surface area contributed by atoms with E-state index in [4.69, 9.17) is 0 Å². The summed E-state index contributed by atoms with van der Waals surface area (Å²) in [5, 5.41) is 19.0. The van der Waals surface area contributed by atoms with Gasteiger partial charge in [0.05, 0.1) is 0 Å². The van der Waals surface area contributed by atoms with E-state index in [0.29, 0.717) is 9.45 Å². The normalized spacial score (nSPS) is 14.9. The van der Waals surface area contributed by atoms with Crippen molar-refractivity contribution < 1.29 is 31.3 Å². The van der Waals surface area contributed by atoms with Gasteiger partial charge in [-0.3, -0.25) is 0 Å². The van der Waals surface area contributed by atoms with Crippen molar-refractivity contribution >= 4 is 22.3 Å². The second-order valence-electron chi connectivity index (χ2n) is 4.58. The predicted molar refractivity (Wildman–Crippen MR) is 85.0 cm³/mol. The van der Waals surface area contributed by atoms with Gasteiger partial charge in [0.25, 0.3) is 0 Å². The number of rotatable bonds is 3. The average molecular weight is 403 g/mol. The van der Waals surface area contributed by atoms with Crippen LogP contribution in [-0.2, 0) is 0 Å². The maximum atomic E-state index is 9.49. The number of benzene rings is 2. The van der Waals surface area contributed by atoms with Crippen molar-refractivity contribution in [2.24, 2.45) is 9.98 Å². The van der Waals surface area contributed by atoms with E-state index in [0.717, 1.165) is 16.8 Å². The van der Waals surface area contributed by atoms with Crippen molar-refractivity contribution in [3.8, 4) is 0 Å². The third-order valence-corrected chi connectivity index (χ3v) is 5.36. The molecular formula is C16H13BIN2O2-. The van der Waals surface area contributed by atoms with Gasteiger partial charge >= 0.3 is 139 Å². The van der Waals surface area contributed by atoms with E-state index in [1.54, 1.807) is 0 Å². The first kappa shape index (κ1) is 15.1. The van der Waals surface area contributed by atoms with Crippen LogP contribution in [0.25, 0.3) is 5.70 Å². The number of halogens is 1. The van der Waals surface area contributed by atoms with Gasteiger partial charge in [-0.1, -0.05) is 0 Å². The summed E-state index contributed by atoms with van der Waals surface area (Å²) in [6.07, 6.45) is 0. The molecule has 0 atom stereocenters. The molecule has 2 N–H and O–H groups in total. The first-order valence-electron chi connectivity index (χ1n) is 6.72. The number of aliphatic imine (C=N–C) groups is 2. The Hall–Kier alpha value is -1.77. The molecule has 0 bridgehead atoms. The van der Waals surface area contributed by atoms with Crippen molar-refractivity contribution in [3.05, 3.63) is 75.9 Å². The Bertz CT molecular complexity index is 743. The van der Waals surface area contributed by atoms with Gasteiger partial charge in [-0.25, -0.2) is 0 Å². The van der Waals surface area contributed by atoms with Crippen LogP contribution < -0.4 is 21.2 Å². The molecule has 6 heteroatoms. The van der Waals surface area contributed by atoms with Gasteiger partial charge < -0.3 is 0 Å². The second kappa shape index (κ2) is 7.00. The van der Waals surface area contributed by atoms with Crippen molar-refractivity contribution in [2.45, 2.75) is 0 Å². The molecule has 0 amide bonds. The van der Waals surface area contributed by atoms with E-state index in [-0.39, 0.29) is 0 Å². The van der Waals surface area contributed by atoms with E-state index in [1.807, 2.05) is 64.7 Å². The fraction of sp³-hybridized carbons (Fsp3) is 0. The molecule has 3 rings (SSSR count). The fourth-order valence-electron chi connectivity index (χ4n) is 1.96. The Morgan fingerprint density at radius 3 is 1.95 bits per heavy atom. The molecule has 0 unspecified atom stereocenters. The Morgan fingerprint density at radius 2 is 1.36 bits per heavy atom. The first-order chi connectivity index (χ1) is 10.7. The Morgan fingerprint density at radius 1 is 0.773 bits per heavy atom. The van der Waals surface area contributed by atoms with Crippen molar-refractivity contribution in [2.75, 3.05) is 0 Å². The summed E-state index contributed by atoms with van der Waals surface area (Å²) in [7, 11) is -1.53. The third-order valence-electron chi connectivity index (χ3n) is 3.02. The summed E-state index contributed by atoms with van der Waals surface area (Å²) < 4.78 is 2.37.